The van der Waals surface area contributed by atoms with Gasteiger partial charge in [0.2, 0.25) is 0 Å². The smallest absolute Gasteiger partial charge is 0.0809 e. The number of fused-ring (bicyclic) bond motifs is 5. The fourth-order valence-corrected chi connectivity index (χ4v) is 8.65. The van der Waals surface area contributed by atoms with Crippen molar-refractivity contribution in [3.05, 3.63) is 22.5 Å². The van der Waals surface area contributed by atoms with Gasteiger partial charge in [0.1, 0.15) is 0 Å². The maximum absolute atomic E-state index is 11.5. The minimum Gasteiger partial charge on any atom is -0.393 e. The van der Waals surface area contributed by atoms with Gasteiger partial charge in [0.25, 0.3) is 0 Å². The van der Waals surface area contributed by atoms with E-state index in [9.17, 15) is 10.2 Å². The molecular weight excluding hydrogens is 384 g/mol. The van der Waals surface area contributed by atoms with Crippen LogP contribution >= 0.6 is 0 Å². The molecular formula is C27H42N2O2. The third-order valence-electron chi connectivity index (χ3n) is 10.6. The standard InChI is InChI=1S/C27H42N2O2/c1-6-29-17(3)22(16(2)28-29)13-18-14-24-21-8-7-19-15-20(30)9-11-26(19,4)23(21)10-12-27(24,5)25(18)31/h13,19-21,23-25,30-31H,6-12,14-15H2,1-5H3/b18-13-/t19-,20-,21-,23+,24+,25+,26-,27-/m0/s1. The number of aryl methyl sites for hydroxylation is 2. The van der Waals surface area contributed by atoms with Crippen LogP contribution in [0.2, 0.25) is 0 Å². The normalized spacial score (nSPS) is 46.0. The Morgan fingerprint density at radius 3 is 2.48 bits per heavy atom. The molecule has 4 saturated carbocycles. The van der Waals surface area contributed by atoms with Crippen molar-refractivity contribution >= 4 is 6.08 Å². The summed E-state index contributed by atoms with van der Waals surface area (Å²) in [6, 6.07) is 0. The Morgan fingerprint density at radius 1 is 1.03 bits per heavy atom. The molecule has 1 aromatic rings. The SMILES string of the molecule is CCn1nc(C)c(/C=C2/C[C@@H]3[C@H]4CC[C@H]5C[C@@H](O)CC[C@]5(C)[C@@H]4CC[C@]3(C)[C@@H]2O)c1C. The van der Waals surface area contributed by atoms with E-state index in [0.717, 1.165) is 49.8 Å². The Kier molecular flexibility index (Phi) is 5.21. The van der Waals surface area contributed by atoms with E-state index in [2.05, 4.69) is 45.4 Å². The lowest BCUT2D eigenvalue weighted by atomic mass is 9.45. The summed E-state index contributed by atoms with van der Waals surface area (Å²) in [5.74, 6) is 2.75. The van der Waals surface area contributed by atoms with Crippen LogP contribution in [0.1, 0.15) is 89.1 Å². The summed E-state index contributed by atoms with van der Waals surface area (Å²) >= 11 is 0. The molecule has 2 N–H and O–H groups in total. The molecule has 172 valence electrons. The van der Waals surface area contributed by atoms with E-state index >= 15 is 0 Å². The third-order valence-corrected chi connectivity index (χ3v) is 10.6. The highest BCUT2D eigenvalue weighted by molar-refractivity contribution is 5.59. The Hall–Kier alpha value is -1.13. The van der Waals surface area contributed by atoms with Crippen LogP contribution in [0.5, 0.6) is 0 Å². The van der Waals surface area contributed by atoms with Crippen molar-refractivity contribution in [2.75, 3.05) is 0 Å². The zero-order chi connectivity index (χ0) is 22.1. The predicted octanol–water partition coefficient (Wildman–Crippen LogP) is 5.28. The molecule has 4 heteroatoms. The van der Waals surface area contributed by atoms with Crippen molar-refractivity contribution in [2.24, 2.45) is 34.5 Å². The first-order valence-corrected chi connectivity index (χ1v) is 12.8. The van der Waals surface area contributed by atoms with Gasteiger partial charge in [-0.25, -0.2) is 0 Å². The predicted molar refractivity (Wildman–Crippen MR) is 124 cm³/mol. The Bertz CT molecular complexity index is 888. The molecule has 4 nitrogen and oxygen atoms in total. The van der Waals surface area contributed by atoms with Gasteiger partial charge in [-0.3, -0.25) is 4.68 Å². The largest absolute Gasteiger partial charge is 0.393 e. The summed E-state index contributed by atoms with van der Waals surface area (Å²) < 4.78 is 2.08. The van der Waals surface area contributed by atoms with Gasteiger partial charge >= 0.3 is 0 Å². The zero-order valence-electron chi connectivity index (χ0n) is 20.2. The van der Waals surface area contributed by atoms with Crippen molar-refractivity contribution in [1.82, 2.24) is 9.78 Å². The average Bonchev–Trinajstić information content (AvgIpc) is 3.16. The van der Waals surface area contributed by atoms with E-state index in [1.165, 1.54) is 42.5 Å². The molecule has 0 bridgehead atoms. The number of hydrogen-bond donors (Lipinski definition) is 2. The van der Waals surface area contributed by atoms with Gasteiger partial charge in [-0.2, -0.15) is 5.10 Å². The average molecular weight is 427 g/mol. The molecule has 0 saturated heterocycles. The van der Waals surface area contributed by atoms with Crippen molar-refractivity contribution in [1.29, 1.82) is 0 Å². The number of aliphatic hydroxyl groups excluding tert-OH is 2. The van der Waals surface area contributed by atoms with Crippen molar-refractivity contribution < 1.29 is 10.2 Å². The summed E-state index contributed by atoms with van der Waals surface area (Å²) in [7, 11) is 0. The minimum atomic E-state index is -0.332. The summed E-state index contributed by atoms with van der Waals surface area (Å²) in [4.78, 5) is 0. The summed E-state index contributed by atoms with van der Waals surface area (Å²) in [6.45, 7) is 12.2. The van der Waals surface area contributed by atoms with E-state index < -0.39 is 0 Å². The van der Waals surface area contributed by atoms with Crippen LogP contribution in [0.15, 0.2) is 5.57 Å². The number of aromatic nitrogens is 2. The van der Waals surface area contributed by atoms with E-state index in [0.29, 0.717) is 17.3 Å². The van der Waals surface area contributed by atoms with E-state index in [1.54, 1.807) is 0 Å². The zero-order valence-corrected chi connectivity index (χ0v) is 20.2. The van der Waals surface area contributed by atoms with Gasteiger partial charge in [-0.15, -0.1) is 0 Å². The van der Waals surface area contributed by atoms with Gasteiger partial charge in [0.05, 0.1) is 17.9 Å². The summed E-state index contributed by atoms with van der Waals surface area (Å²) in [5.41, 5.74) is 5.13. The molecule has 0 aromatic carbocycles. The molecule has 0 spiro atoms. The van der Waals surface area contributed by atoms with E-state index in [4.69, 9.17) is 5.10 Å². The summed E-state index contributed by atoms with van der Waals surface area (Å²) in [5, 5.41) is 26.5. The van der Waals surface area contributed by atoms with Crippen LogP contribution in [-0.4, -0.2) is 32.2 Å². The monoisotopic (exact) mass is 426 g/mol. The highest BCUT2D eigenvalue weighted by Gasteiger charge is 2.61. The molecule has 5 rings (SSSR count). The van der Waals surface area contributed by atoms with Gasteiger partial charge in [-0.05, 0) is 113 Å². The van der Waals surface area contributed by atoms with E-state index in [1.807, 2.05) is 0 Å². The molecule has 0 amide bonds. The van der Waals surface area contributed by atoms with Crippen LogP contribution in [0, 0.1) is 48.3 Å². The molecule has 0 radical (unpaired) electrons. The first kappa shape index (κ1) is 21.7. The lowest BCUT2D eigenvalue weighted by Crippen LogP contribution is -2.54. The molecule has 0 unspecified atom stereocenters. The van der Waals surface area contributed by atoms with E-state index in [-0.39, 0.29) is 17.6 Å². The molecule has 4 fully saturated rings. The molecule has 4 aliphatic rings. The highest BCUT2D eigenvalue weighted by atomic mass is 16.3. The lowest BCUT2D eigenvalue weighted by molar-refractivity contribution is -0.133. The second kappa shape index (κ2) is 7.45. The van der Waals surface area contributed by atoms with Crippen molar-refractivity contribution in [3.8, 4) is 0 Å². The maximum atomic E-state index is 11.5. The van der Waals surface area contributed by atoms with Gasteiger partial charge < -0.3 is 10.2 Å². The molecule has 8 atom stereocenters. The third kappa shape index (κ3) is 3.11. The number of rotatable bonds is 2. The lowest BCUT2D eigenvalue weighted by Gasteiger charge is -2.60. The molecule has 4 aliphatic carbocycles. The van der Waals surface area contributed by atoms with Crippen LogP contribution in [0.3, 0.4) is 0 Å². The van der Waals surface area contributed by atoms with Crippen LogP contribution < -0.4 is 0 Å². The number of aliphatic hydroxyl groups is 2. The van der Waals surface area contributed by atoms with Crippen LogP contribution in [0.4, 0.5) is 0 Å². The topological polar surface area (TPSA) is 58.3 Å². The number of nitrogens with zero attached hydrogens (tertiary/aromatic N) is 2. The van der Waals surface area contributed by atoms with Gasteiger partial charge in [0, 0.05) is 23.2 Å². The molecule has 1 aromatic heterocycles. The first-order chi connectivity index (χ1) is 14.7. The summed E-state index contributed by atoms with van der Waals surface area (Å²) in [6.07, 6.45) is 11.0. The second-order valence-electron chi connectivity index (χ2n) is 11.9. The molecule has 31 heavy (non-hydrogen) atoms. The fourth-order valence-electron chi connectivity index (χ4n) is 8.65. The van der Waals surface area contributed by atoms with Crippen molar-refractivity contribution in [3.63, 3.8) is 0 Å². The number of hydrogen-bond acceptors (Lipinski definition) is 3. The highest BCUT2D eigenvalue weighted by Crippen LogP contribution is 2.67. The fraction of sp³-hybridized carbons (Fsp3) is 0.815. The quantitative estimate of drug-likeness (QED) is 0.677. The molecule has 1 heterocycles. The Morgan fingerprint density at radius 2 is 1.77 bits per heavy atom. The molecule has 0 aliphatic heterocycles. The minimum absolute atomic E-state index is 0.00688. The Balaban J connectivity index is 1.46. The second-order valence-corrected chi connectivity index (χ2v) is 11.9. The van der Waals surface area contributed by atoms with Gasteiger partial charge in [-0.1, -0.05) is 13.8 Å². The maximum Gasteiger partial charge on any atom is 0.0809 e. The Labute approximate surface area is 188 Å². The van der Waals surface area contributed by atoms with Crippen molar-refractivity contribution in [2.45, 2.75) is 105 Å². The van der Waals surface area contributed by atoms with Crippen LogP contribution in [-0.2, 0) is 6.54 Å². The first-order valence-electron chi connectivity index (χ1n) is 12.8. The van der Waals surface area contributed by atoms with Gasteiger partial charge in [0.15, 0.2) is 0 Å². The van der Waals surface area contributed by atoms with Crippen LogP contribution in [0.25, 0.3) is 6.08 Å².